The van der Waals surface area contributed by atoms with Crippen molar-refractivity contribution >= 4 is 11.8 Å². The summed E-state index contributed by atoms with van der Waals surface area (Å²) in [4.78, 5) is 15.9. The van der Waals surface area contributed by atoms with Crippen LogP contribution < -0.4 is 5.73 Å². The number of pyridine rings is 1. The summed E-state index contributed by atoms with van der Waals surface area (Å²) in [5.74, 6) is 6.53. The molecule has 1 aromatic carbocycles. The van der Waals surface area contributed by atoms with E-state index in [2.05, 4.69) is 23.7 Å². The Morgan fingerprint density at radius 2 is 1.92 bits per heavy atom. The van der Waals surface area contributed by atoms with Crippen LogP contribution >= 0.6 is 0 Å². The highest BCUT2D eigenvalue weighted by atomic mass is 16.5. The van der Waals surface area contributed by atoms with Crippen molar-refractivity contribution in [3.05, 3.63) is 58.3 Å². The predicted molar refractivity (Wildman–Crippen MR) is 100 cm³/mol. The van der Waals surface area contributed by atoms with Crippen molar-refractivity contribution in [2.75, 3.05) is 12.8 Å². The Bertz CT molecular complexity index is 799. The van der Waals surface area contributed by atoms with Crippen LogP contribution in [0.2, 0.25) is 0 Å². The molecule has 0 aliphatic heterocycles. The Morgan fingerprint density at radius 3 is 2.56 bits per heavy atom. The second kappa shape index (κ2) is 8.89. The third kappa shape index (κ3) is 5.09. The number of carbonyl (C=O) groups excluding carboxylic acids is 1. The molecule has 130 valence electrons. The topological polar surface area (TPSA) is 65.2 Å². The van der Waals surface area contributed by atoms with Gasteiger partial charge in [0.15, 0.2) is 0 Å². The molecule has 1 heterocycles. The van der Waals surface area contributed by atoms with Crippen LogP contribution in [0.15, 0.2) is 30.3 Å². The van der Waals surface area contributed by atoms with E-state index in [1.807, 2.05) is 25.1 Å². The maximum absolute atomic E-state index is 11.4. The number of methoxy groups -OCH3 is 1. The zero-order valence-corrected chi connectivity index (χ0v) is 15.1. The van der Waals surface area contributed by atoms with Crippen LogP contribution in [0.4, 0.5) is 5.82 Å². The molecule has 4 nitrogen and oxygen atoms in total. The first kappa shape index (κ1) is 18.5. The first-order chi connectivity index (χ1) is 12.0. The van der Waals surface area contributed by atoms with Crippen LogP contribution in [-0.2, 0) is 11.2 Å². The van der Waals surface area contributed by atoms with Gasteiger partial charge in [0, 0.05) is 11.1 Å². The molecule has 0 radical (unpaired) electrons. The molecule has 0 fully saturated rings. The first-order valence-electron chi connectivity index (χ1n) is 8.51. The normalized spacial score (nSPS) is 10.0. The SMILES string of the molecule is CCCCCc1cc(C#Cc2ccc(C(=O)OC)cc2)c(C)nc1N. The van der Waals surface area contributed by atoms with Crippen LogP contribution in [0.3, 0.4) is 0 Å². The molecule has 0 bridgehead atoms. The van der Waals surface area contributed by atoms with Crippen LogP contribution in [-0.4, -0.2) is 18.1 Å². The van der Waals surface area contributed by atoms with E-state index in [4.69, 9.17) is 10.5 Å². The number of anilines is 1. The van der Waals surface area contributed by atoms with E-state index < -0.39 is 0 Å². The molecule has 0 saturated heterocycles. The lowest BCUT2D eigenvalue weighted by atomic mass is 10.0. The lowest BCUT2D eigenvalue weighted by Crippen LogP contribution is -2.02. The fourth-order valence-corrected chi connectivity index (χ4v) is 2.50. The Morgan fingerprint density at radius 1 is 1.20 bits per heavy atom. The monoisotopic (exact) mass is 336 g/mol. The predicted octanol–water partition coefficient (Wildman–Crippen LogP) is 3.89. The molecule has 2 rings (SSSR count). The fourth-order valence-electron chi connectivity index (χ4n) is 2.50. The van der Waals surface area contributed by atoms with Gasteiger partial charge in [0.05, 0.1) is 18.4 Å². The molecule has 0 spiro atoms. The van der Waals surface area contributed by atoms with Crippen molar-refractivity contribution in [3.8, 4) is 11.8 Å². The number of benzene rings is 1. The molecule has 2 aromatic rings. The average molecular weight is 336 g/mol. The third-order valence-electron chi connectivity index (χ3n) is 4.02. The highest BCUT2D eigenvalue weighted by Gasteiger charge is 2.06. The summed E-state index contributed by atoms with van der Waals surface area (Å²) in [5.41, 5.74) is 10.2. The minimum Gasteiger partial charge on any atom is -0.465 e. The number of esters is 1. The molecule has 2 N–H and O–H groups in total. The van der Waals surface area contributed by atoms with Crippen LogP contribution in [0.5, 0.6) is 0 Å². The van der Waals surface area contributed by atoms with Gasteiger partial charge in [-0.3, -0.25) is 0 Å². The zero-order chi connectivity index (χ0) is 18.2. The van der Waals surface area contributed by atoms with E-state index in [9.17, 15) is 4.79 Å². The maximum atomic E-state index is 11.4. The number of carbonyl (C=O) groups is 1. The number of unbranched alkanes of at least 4 members (excludes halogenated alkanes) is 2. The molecular formula is C21H24N2O2. The maximum Gasteiger partial charge on any atom is 0.337 e. The van der Waals surface area contributed by atoms with E-state index in [1.54, 1.807) is 12.1 Å². The van der Waals surface area contributed by atoms with E-state index in [0.717, 1.165) is 35.2 Å². The number of aromatic nitrogens is 1. The summed E-state index contributed by atoms with van der Waals surface area (Å²) in [5, 5.41) is 0. The fraction of sp³-hybridized carbons (Fsp3) is 0.333. The van der Waals surface area contributed by atoms with Crippen LogP contribution in [0.25, 0.3) is 0 Å². The van der Waals surface area contributed by atoms with Gasteiger partial charge in [-0.1, -0.05) is 31.6 Å². The van der Waals surface area contributed by atoms with Crippen molar-refractivity contribution < 1.29 is 9.53 Å². The number of hydrogen-bond acceptors (Lipinski definition) is 4. The number of nitrogen functional groups attached to an aromatic ring is 1. The average Bonchev–Trinajstić information content (AvgIpc) is 2.62. The minimum absolute atomic E-state index is 0.352. The Labute approximate surface area is 149 Å². The highest BCUT2D eigenvalue weighted by molar-refractivity contribution is 5.89. The molecule has 0 unspecified atom stereocenters. The van der Waals surface area contributed by atoms with Crippen molar-refractivity contribution in [3.63, 3.8) is 0 Å². The van der Waals surface area contributed by atoms with Gasteiger partial charge in [0.2, 0.25) is 0 Å². The van der Waals surface area contributed by atoms with Crippen LogP contribution in [0.1, 0.15) is 58.9 Å². The molecule has 1 aromatic heterocycles. The summed E-state index contributed by atoms with van der Waals surface area (Å²) in [6, 6.07) is 9.08. The van der Waals surface area contributed by atoms with Gasteiger partial charge >= 0.3 is 5.97 Å². The van der Waals surface area contributed by atoms with E-state index in [0.29, 0.717) is 11.4 Å². The van der Waals surface area contributed by atoms with Crippen molar-refractivity contribution in [2.24, 2.45) is 0 Å². The number of aryl methyl sites for hydroxylation is 2. The largest absolute Gasteiger partial charge is 0.465 e. The van der Waals surface area contributed by atoms with Gasteiger partial charge in [-0.05, 0) is 55.7 Å². The molecule has 4 heteroatoms. The van der Waals surface area contributed by atoms with Gasteiger partial charge in [0.25, 0.3) is 0 Å². The molecule has 0 aliphatic rings. The number of nitrogens with two attached hydrogens (primary N) is 1. The molecular weight excluding hydrogens is 312 g/mol. The van der Waals surface area contributed by atoms with Gasteiger partial charge in [-0.15, -0.1) is 0 Å². The number of rotatable bonds is 5. The Kier molecular flexibility index (Phi) is 6.59. The second-order valence-electron chi connectivity index (χ2n) is 5.94. The van der Waals surface area contributed by atoms with Crippen molar-refractivity contribution in [1.82, 2.24) is 4.98 Å². The lowest BCUT2D eigenvalue weighted by Gasteiger charge is -2.07. The Balaban J connectivity index is 2.21. The molecule has 0 atom stereocenters. The van der Waals surface area contributed by atoms with Crippen molar-refractivity contribution in [2.45, 2.75) is 39.5 Å². The van der Waals surface area contributed by atoms with Gasteiger partial charge in [-0.25, -0.2) is 9.78 Å². The standard InChI is InChI=1S/C21H24N2O2/c1-4-5-6-7-19-14-18(15(2)23-20(19)22)13-10-16-8-11-17(12-9-16)21(24)25-3/h8-9,11-12,14H,4-7H2,1-3H3,(H2,22,23). The number of hydrogen-bond donors (Lipinski definition) is 1. The summed E-state index contributed by atoms with van der Waals surface area (Å²) in [7, 11) is 1.37. The van der Waals surface area contributed by atoms with Crippen molar-refractivity contribution in [1.29, 1.82) is 0 Å². The Hall–Kier alpha value is -2.80. The van der Waals surface area contributed by atoms with Gasteiger partial charge < -0.3 is 10.5 Å². The summed E-state index contributed by atoms with van der Waals surface area (Å²) >= 11 is 0. The lowest BCUT2D eigenvalue weighted by molar-refractivity contribution is 0.0600. The molecule has 0 saturated carbocycles. The number of ether oxygens (including phenoxy) is 1. The quantitative estimate of drug-likeness (QED) is 0.511. The summed E-state index contributed by atoms with van der Waals surface area (Å²) in [6.45, 7) is 4.09. The number of nitrogens with zero attached hydrogens (tertiary/aromatic N) is 1. The summed E-state index contributed by atoms with van der Waals surface area (Å²) < 4.78 is 4.69. The minimum atomic E-state index is -0.352. The van der Waals surface area contributed by atoms with E-state index in [-0.39, 0.29) is 5.97 Å². The molecule has 25 heavy (non-hydrogen) atoms. The highest BCUT2D eigenvalue weighted by Crippen LogP contribution is 2.17. The second-order valence-corrected chi connectivity index (χ2v) is 5.94. The zero-order valence-electron chi connectivity index (χ0n) is 15.1. The van der Waals surface area contributed by atoms with Crippen LogP contribution in [0, 0.1) is 18.8 Å². The third-order valence-corrected chi connectivity index (χ3v) is 4.02. The molecule has 0 aliphatic carbocycles. The smallest absolute Gasteiger partial charge is 0.337 e. The molecule has 0 amide bonds. The van der Waals surface area contributed by atoms with E-state index in [1.165, 1.54) is 20.0 Å². The first-order valence-corrected chi connectivity index (χ1v) is 8.51. The van der Waals surface area contributed by atoms with E-state index >= 15 is 0 Å². The summed E-state index contributed by atoms with van der Waals surface area (Å²) in [6.07, 6.45) is 4.39. The van der Waals surface area contributed by atoms with Gasteiger partial charge in [0.1, 0.15) is 5.82 Å². The van der Waals surface area contributed by atoms with Gasteiger partial charge in [-0.2, -0.15) is 0 Å².